The molecule has 3 heterocycles. The lowest BCUT2D eigenvalue weighted by Gasteiger charge is -2.48. The van der Waals surface area contributed by atoms with Gasteiger partial charge >= 0.3 is 0 Å². The highest BCUT2D eigenvalue weighted by atomic mass is 16.5. The first kappa shape index (κ1) is 14.9. The topological polar surface area (TPSA) is 50.5 Å². The van der Waals surface area contributed by atoms with Crippen molar-refractivity contribution in [1.29, 1.82) is 0 Å². The van der Waals surface area contributed by atoms with Crippen LogP contribution >= 0.6 is 0 Å². The van der Waals surface area contributed by atoms with Gasteiger partial charge in [-0.05, 0) is 12.0 Å². The molecule has 2 atom stereocenters. The third kappa shape index (κ3) is 2.69. The van der Waals surface area contributed by atoms with Gasteiger partial charge in [-0.2, -0.15) is 0 Å². The molecular weight excluding hydrogens is 290 g/mol. The van der Waals surface area contributed by atoms with Crippen LogP contribution in [0, 0.1) is 5.92 Å². The maximum Gasteiger partial charge on any atom is 0.137 e. The van der Waals surface area contributed by atoms with Crippen LogP contribution in [0.2, 0.25) is 0 Å². The summed E-state index contributed by atoms with van der Waals surface area (Å²) < 4.78 is 7.97. The molecule has 2 aromatic rings. The van der Waals surface area contributed by atoms with Crippen molar-refractivity contribution in [2.45, 2.75) is 18.1 Å². The summed E-state index contributed by atoms with van der Waals surface area (Å²) in [5.41, 5.74) is 0.318. The van der Waals surface area contributed by atoms with Crippen LogP contribution in [0.5, 0.6) is 0 Å². The number of nitrogens with zero attached hydrogens (tertiary/aromatic N) is 3. The number of β-amino-alcohol motifs (C(OH)–C–C–N with tert-alkyl or cyclic N) is 1. The fourth-order valence-corrected chi connectivity index (χ4v) is 3.84. The van der Waals surface area contributed by atoms with Crippen molar-refractivity contribution in [1.82, 2.24) is 14.5 Å². The highest BCUT2D eigenvalue weighted by Crippen LogP contribution is 2.38. The minimum Gasteiger partial charge on any atom is -0.382 e. The van der Waals surface area contributed by atoms with Gasteiger partial charge in [0, 0.05) is 51.6 Å². The Kier molecular flexibility index (Phi) is 3.71. The van der Waals surface area contributed by atoms with E-state index >= 15 is 0 Å². The quantitative estimate of drug-likeness (QED) is 0.933. The number of rotatable bonds is 4. The minimum atomic E-state index is -0.695. The summed E-state index contributed by atoms with van der Waals surface area (Å²) in [4.78, 5) is 6.77. The zero-order valence-corrected chi connectivity index (χ0v) is 13.4. The summed E-state index contributed by atoms with van der Waals surface area (Å²) in [6.07, 6.45) is 4.91. The number of benzene rings is 1. The van der Waals surface area contributed by atoms with Crippen LogP contribution in [0.15, 0.2) is 42.7 Å². The Bertz CT molecular complexity index is 664. The van der Waals surface area contributed by atoms with Crippen LogP contribution in [0.1, 0.15) is 23.9 Å². The largest absolute Gasteiger partial charge is 0.382 e. The van der Waals surface area contributed by atoms with Gasteiger partial charge in [-0.3, -0.25) is 4.90 Å². The maximum atomic E-state index is 10.7. The van der Waals surface area contributed by atoms with Gasteiger partial charge in [-0.15, -0.1) is 0 Å². The lowest BCUT2D eigenvalue weighted by atomic mass is 9.85. The lowest BCUT2D eigenvalue weighted by molar-refractivity contribution is -0.111. The van der Waals surface area contributed by atoms with Gasteiger partial charge in [0.1, 0.15) is 17.5 Å². The van der Waals surface area contributed by atoms with E-state index in [1.807, 2.05) is 54.3 Å². The van der Waals surface area contributed by atoms with Crippen molar-refractivity contribution in [2.24, 2.45) is 13.0 Å². The number of hydrogen-bond donors (Lipinski definition) is 1. The average Bonchev–Trinajstić information content (AvgIpc) is 3.15. The molecule has 0 bridgehead atoms. The van der Waals surface area contributed by atoms with Crippen LogP contribution in [-0.4, -0.2) is 45.8 Å². The van der Waals surface area contributed by atoms with Crippen LogP contribution < -0.4 is 0 Å². The first-order valence-corrected chi connectivity index (χ1v) is 8.25. The van der Waals surface area contributed by atoms with E-state index in [0.717, 1.165) is 31.0 Å². The Balaban J connectivity index is 1.39. The number of aliphatic hydroxyl groups is 1. The van der Waals surface area contributed by atoms with Crippen molar-refractivity contribution < 1.29 is 9.84 Å². The molecule has 4 rings (SSSR count). The second-order valence-electron chi connectivity index (χ2n) is 6.80. The Labute approximate surface area is 136 Å². The van der Waals surface area contributed by atoms with Crippen LogP contribution in [0.3, 0.4) is 0 Å². The molecule has 23 heavy (non-hydrogen) atoms. The van der Waals surface area contributed by atoms with Crippen molar-refractivity contribution in [2.75, 3.05) is 26.2 Å². The van der Waals surface area contributed by atoms with Crippen LogP contribution in [-0.2, 0) is 17.4 Å². The minimum absolute atomic E-state index is 0.0698. The van der Waals surface area contributed by atoms with E-state index in [4.69, 9.17) is 4.74 Å². The van der Waals surface area contributed by atoms with E-state index in [9.17, 15) is 5.11 Å². The highest BCUT2D eigenvalue weighted by molar-refractivity contribution is 5.26. The number of hydrogen-bond acceptors (Lipinski definition) is 4. The van der Waals surface area contributed by atoms with E-state index in [2.05, 4.69) is 9.88 Å². The van der Waals surface area contributed by atoms with Gasteiger partial charge in [0.05, 0.1) is 0 Å². The van der Waals surface area contributed by atoms with Gasteiger partial charge in [0.2, 0.25) is 0 Å². The molecule has 5 nitrogen and oxygen atoms in total. The standard InChI is InChI=1S/C18H23N3O2/c1-20-9-8-19-17(20)16-14(7-10-23-16)11-21-12-18(22,13-21)15-5-3-2-4-6-15/h2-6,8-9,14,16,22H,7,10-13H2,1H3/t14-,16+/m0/s1. The number of imidazole rings is 1. The van der Waals surface area contributed by atoms with Gasteiger partial charge in [-0.1, -0.05) is 30.3 Å². The third-order valence-corrected chi connectivity index (χ3v) is 5.10. The Morgan fingerprint density at radius 2 is 2.09 bits per heavy atom. The maximum absolute atomic E-state index is 10.7. The van der Waals surface area contributed by atoms with Crippen molar-refractivity contribution >= 4 is 0 Å². The second-order valence-corrected chi connectivity index (χ2v) is 6.80. The summed E-state index contributed by atoms with van der Waals surface area (Å²) in [7, 11) is 2.01. The molecule has 2 aliphatic rings. The number of ether oxygens (including phenoxy) is 1. The first-order valence-electron chi connectivity index (χ1n) is 8.25. The van der Waals surface area contributed by atoms with E-state index in [0.29, 0.717) is 19.0 Å². The number of likely N-dealkylation sites (tertiary alicyclic amines) is 1. The molecule has 1 N–H and O–H groups in total. The molecule has 2 aliphatic heterocycles. The van der Waals surface area contributed by atoms with E-state index in [-0.39, 0.29) is 6.10 Å². The second kappa shape index (κ2) is 5.74. The first-order chi connectivity index (χ1) is 11.2. The van der Waals surface area contributed by atoms with Crippen molar-refractivity contribution in [3.8, 4) is 0 Å². The third-order valence-electron chi connectivity index (χ3n) is 5.10. The van der Waals surface area contributed by atoms with Crippen LogP contribution in [0.4, 0.5) is 0 Å². The molecule has 0 unspecified atom stereocenters. The predicted octanol–water partition coefficient (Wildman–Crippen LogP) is 1.70. The summed E-state index contributed by atoms with van der Waals surface area (Å²) in [6, 6.07) is 9.96. The van der Waals surface area contributed by atoms with Gasteiger partial charge in [0.25, 0.3) is 0 Å². The molecule has 2 saturated heterocycles. The highest BCUT2D eigenvalue weighted by Gasteiger charge is 2.44. The zero-order valence-electron chi connectivity index (χ0n) is 13.4. The van der Waals surface area contributed by atoms with Gasteiger partial charge in [-0.25, -0.2) is 4.98 Å². The summed E-state index contributed by atoms with van der Waals surface area (Å²) in [6.45, 7) is 3.13. The molecule has 5 heteroatoms. The summed E-state index contributed by atoms with van der Waals surface area (Å²) in [5.74, 6) is 1.45. The molecule has 0 radical (unpaired) electrons. The predicted molar refractivity (Wildman–Crippen MR) is 86.8 cm³/mol. The molecule has 0 amide bonds. The molecule has 1 aromatic carbocycles. The van der Waals surface area contributed by atoms with E-state index < -0.39 is 5.60 Å². The molecule has 0 spiro atoms. The molecule has 2 fully saturated rings. The zero-order chi connectivity index (χ0) is 15.9. The average molecular weight is 313 g/mol. The molecule has 122 valence electrons. The Hall–Kier alpha value is -1.69. The lowest BCUT2D eigenvalue weighted by Crippen LogP contribution is -2.60. The molecule has 0 saturated carbocycles. The van der Waals surface area contributed by atoms with Gasteiger partial charge in [0.15, 0.2) is 0 Å². The normalized spacial score (nSPS) is 27.0. The Morgan fingerprint density at radius 1 is 1.30 bits per heavy atom. The SMILES string of the molecule is Cn1ccnc1[C@@H]1OCC[C@H]1CN1CC(O)(c2ccccc2)C1. The van der Waals surface area contributed by atoms with E-state index in [1.54, 1.807) is 0 Å². The molecular formula is C18H23N3O2. The fourth-order valence-electron chi connectivity index (χ4n) is 3.84. The van der Waals surface area contributed by atoms with Gasteiger partial charge < -0.3 is 14.4 Å². The van der Waals surface area contributed by atoms with Crippen molar-refractivity contribution in [3.05, 3.63) is 54.1 Å². The molecule has 0 aliphatic carbocycles. The summed E-state index contributed by atoms with van der Waals surface area (Å²) >= 11 is 0. The van der Waals surface area contributed by atoms with Crippen LogP contribution in [0.25, 0.3) is 0 Å². The monoisotopic (exact) mass is 313 g/mol. The smallest absolute Gasteiger partial charge is 0.137 e. The number of aryl methyl sites for hydroxylation is 1. The van der Waals surface area contributed by atoms with E-state index in [1.165, 1.54) is 0 Å². The molecule has 1 aromatic heterocycles. The Morgan fingerprint density at radius 3 is 2.78 bits per heavy atom. The van der Waals surface area contributed by atoms with Crippen molar-refractivity contribution in [3.63, 3.8) is 0 Å². The summed E-state index contributed by atoms with van der Waals surface area (Å²) in [5, 5.41) is 10.7. The fraction of sp³-hybridized carbons (Fsp3) is 0.500. The number of aromatic nitrogens is 2.